The van der Waals surface area contributed by atoms with Crippen molar-refractivity contribution < 1.29 is 38.9 Å². The van der Waals surface area contributed by atoms with Gasteiger partial charge in [0.05, 0.1) is 18.4 Å². The average Bonchev–Trinajstić information content (AvgIpc) is 3.71. The van der Waals surface area contributed by atoms with E-state index in [4.69, 9.17) is 42.9 Å². The second-order valence-electron chi connectivity index (χ2n) is 12.0. The number of carboxylic acids is 2. The molecule has 3 aromatic carbocycles. The van der Waals surface area contributed by atoms with Gasteiger partial charge in [-0.3, -0.25) is 24.0 Å². The summed E-state index contributed by atoms with van der Waals surface area (Å²) in [6, 6.07) is 15.8. The van der Waals surface area contributed by atoms with E-state index >= 15 is 0 Å². The molecule has 12 nitrogen and oxygen atoms in total. The van der Waals surface area contributed by atoms with Crippen molar-refractivity contribution in [1.29, 1.82) is 0 Å². The number of hydrogen-bond acceptors (Lipinski definition) is 7. The minimum absolute atomic E-state index is 0.0686. The van der Waals surface area contributed by atoms with E-state index in [1.165, 1.54) is 12.1 Å². The summed E-state index contributed by atoms with van der Waals surface area (Å²) in [5.41, 5.74) is 5.26. The fourth-order valence-electron chi connectivity index (χ4n) is 6.12. The number of carbonyl (C=O) groups is 4. The first-order valence-corrected chi connectivity index (χ1v) is 16.2. The highest BCUT2D eigenvalue weighted by Crippen LogP contribution is 2.57. The lowest BCUT2D eigenvalue weighted by Crippen LogP contribution is -2.39. The molecule has 4 aromatic rings. The molecule has 2 atom stereocenters. The third kappa shape index (κ3) is 7.50. The van der Waals surface area contributed by atoms with Gasteiger partial charge in [-0.1, -0.05) is 47.5 Å². The quantitative estimate of drug-likeness (QED) is 0.170. The fourth-order valence-corrected chi connectivity index (χ4v) is 6.53. The highest BCUT2D eigenvalue weighted by molar-refractivity contribution is 6.32. The van der Waals surface area contributed by atoms with E-state index in [9.17, 15) is 19.2 Å². The van der Waals surface area contributed by atoms with Crippen LogP contribution in [0.3, 0.4) is 0 Å². The van der Waals surface area contributed by atoms with Crippen LogP contribution in [0.5, 0.6) is 5.75 Å². The van der Waals surface area contributed by atoms with Gasteiger partial charge >= 0.3 is 18.0 Å². The molecule has 2 aliphatic rings. The SMILES string of the molecule is Cc1c(Cl)cccc1OCCOC(=O)N1C[C@@H]2C[C@@H]2c2c(-c3cnn(Cc4ccc(C(=O)N(CC(=O)O)CC(=O)O)cc4Cl)c3)cccc21. The summed E-state index contributed by atoms with van der Waals surface area (Å²) < 4.78 is 13.1. The van der Waals surface area contributed by atoms with Gasteiger partial charge in [0.25, 0.3) is 5.91 Å². The number of anilines is 1. The zero-order valence-corrected chi connectivity index (χ0v) is 27.9. The first-order chi connectivity index (χ1) is 23.5. The number of fused-ring (bicyclic) bond motifs is 3. The van der Waals surface area contributed by atoms with Crippen molar-refractivity contribution in [2.45, 2.75) is 25.8 Å². The zero-order valence-electron chi connectivity index (χ0n) is 26.3. The Morgan fingerprint density at radius 3 is 2.47 bits per heavy atom. The van der Waals surface area contributed by atoms with Gasteiger partial charge in [0, 0.05) is 39.5 Å². The first-order valence-electron chi connectivity index (χ1n) is 15.5. The zero-order chi connectivity index (χ0) is 34.8. The molecule has 1 fully saturated rings. The molecule has 14 heteroatoms. The lowest BCUT2D eigenvalue weighted by molar-refractivity contribution is -0.140. The molecule has 6 rings (SSSR count). The van der Waals surface area contributed by atoms with E-state index in [0.29, 0.717) is 34.7 Å². The number of aliphatic carboxylic acids is 2. The Hall–Kier alpha value is -5.07. The van der Waals surface area contributed by atoms with E-state index in [0.717, 1.165) is 39.3 Å². The van der Waals surface area contributed by atoms with Crippen molar-refractivity contribution in [1.82, 2.24) is 14.7 Å². The maximum Gasteiger partial charge on any atom is 0.414 e. The molecule has 49 heavy (non-hydrogen) atoms. The van der Waals surface area contributed by atoms with Gasteiger partial charge in [-0.25, -0.2) is 4.79 Å². The minimum atomic E-state index is -1.33. The van der Waals surface area contributed by atoms with Crippen LogP contribution >= 0.6 is 23.2 Å². The number of carbonyl (C=O) groups excluding carboxylic acids is 2. The summed E-state index contributed by atoms with van der Waals surface area (Å²) >= 11 is 12.7. The molecule has 2 heterocycles. The van der Waals surface area contributed by atoms with Crippen LogP contribution in [0.2, 0.25) is 10.0 Å². The predicted octanol–water partition coefficient (Wildman–Crippen LogP) is 5.96. The summed E-state index contributed by atoms with van der Waals surface area (Å²) in [5.74, 6) is -2.11. The first kappa shape index (κ1) is 33.8. The monoisotopic (exact) mass is 706 g/mol. The minimum Gasteiger partial charge on any atom is -0.490 e. The molecule has 2 amide bonds. The molecule has 1 aromatic heterocycles. The van der Waals surface area contributed by atoms with Crippen LogP contribution in [0.15, 0.2) is 67.0 Å². The van der Waals surface area contributed by atoms with Crippen molar-refractivity contribution in [2.24, 2.45) is 5.92 Å². The number of aromatic nitrogens is 2. The van der Waals surface area contributed by atoms with Crippen molar-refractivity contribution in [3.05, 3.63) is 99.3 Å². The highest BCUT2D eigenvalue weighted by atomic mass is 35.5. The summed E-state index contributed by atoms with van der Waals surface area (Å²) in [6.07, 6.45) is 4.17. The molecule has 2 N–H and O–H groups in total. The normalized spacial score (nSPS) is 15.9. The number of rotatable bonds is 12. The van der Waals surface area contributed by atoms with Gasteiger partial charge in [0.1, 0.15) is 32.1 Å². The van der Waals surface area contributed by atoms with E-state index in [1.54, 1.807) is 34.0 Å². The van der Waals surface area contributed by atoms with Gasteiger partial charge in [0.15, 0.2) is 0 Å². The molecular formula is C35H32Cl2N4O8. The molecule has 1 saturated carbocycles. The summed E-state index contributed by atoms with van der Waals surface area (Å²) in [6.45, 7) is 1.47. The third-order valence-corrected chi connectivity index (χ3v) is 9.37. The maximum absolute atomic E-state index is 13.3. The molecule has 0 spiro atoms. The largest absolute Gasteiger partial charge is 0.490 e. The highest BCUT2D eigenvalue weighted by Gasteiger charge is 2.48. The van der Waals surface area contributed by atoms with Crippen molar-refractivity contribution in [3.63, 3.8) is 0 Å². The van der Waals surface area contributed by atoms with Gasteiger partial charge in [0.2, 0.25) is 0 Å². The molecule has 254 valence electrons. The predicted molar refractivity (Wildman–Crippen MR) is 181 cm³/mol. The number of halogens is 2. The lowest BCUT2D eigenvalue weighted by atomic mass is 9.93. The molecule has 1 aliphatic heterocycles. The molecule has 0 unspecified atom stereocenters. The van der Waals surface area contributed by atoms with Crippen LogP contribution in [0.4, 0.5) is 10.5 Å². The molecule has 1 aliphatic carbocycles. The Balaban J connectivity index is 1.14. The van der Waals surface area contributed by atoms with Gasteiger partial charge in [-0.15, -0.1) is 0 Å². The van der Waals surface area contributed by atoms with E-state index in [-0.39, 0.29) is 30.3 Å². The maximum atomic E-state index is 13.3. The Morgan fingerprint density at radius 2 is 1.73 bits per heavy atom. The van der Waals surface area contributed by atoms with Crippen LogP contribution < -0.4 is 9.64 Å². The number of ether oxygens (including phenoxy) is 2. The topological polar surface area (TPSA) is 152 Å². The number of carboxylic acid groups (broad SMARTS) is 2. The number of amides is 2. The fraction of sp³-hybridized carbons (Fsp3) is 0.286. The average molecular weight is 708 g/mol. The number of benzene rings is 3. The second kappa shape index (κ2) is 14.2. The van der Waals surface area contributed by atoms with E-state index in [2.05, 4.69) is 5.10 Å². The molecular weight excluding hydrogens is 675 g/mol. The smallest absolute Gasteiger partial charge is 0.414 e. The van der Waals surface area contributed by atoms with Crippen LogP contribution in [-0.2, 0) is 20.9 Å². The molecule has 0 bridgehead atoms. The van der Waals surface area contributed by atoms with Crippen LogP contribution in [0, 0.1) is 12.8 Å². The second-order valence-corrected chi connectivity index (χ2v) is 12.8. The van der Waals surface area contributed by atoms with Gasteiger partial charge < -0.3 is 24.6 Å². The van der Waals surface area contributed by atoms with E-state index in [1.807, 2.05) is 37.4 Å². The van der Waals surface area contributed by atoms with Crippen LogP contribution in [0.1, 0.15) is 39.4 Å². The van der Waals surface area contributed by atoms with E-state index < -0.39 is 37.0 Å². The Bertz CT molecular complexity index is 1930. The van der Waals surface area contributed by atoms with Gasteiger partial charge in [-0.2, -0.15) is 5.10 Å². The summed E-state index contributed by atoms with van der Waals surface area (Å²) in [5, 5.41) is 23.6. The summed E-state index contributed by atoms with van der Waals surface area (Å²) in [4.78, 5) is 50.8. The van der Waals surface area contributed by atoms with Crippen molar-refractivity contribution in [3.8, 4) is 16.9 Å². The molecule has 0 saturated heterocycles. The van der Waals surface area contributed by atoms with Gasteiger partial charge in [-0.05, 0) is 72.2 Å². The standard InChI is InChI=1S/C35H32Cl2N4O8/c1-20-27(36)5-3-7-30(20)48-10-11-49-35(47)41-17-23-12-26(23)33-25(4-2-6-29(33)41)24-14-38-40(16-24)15-22-9-8-21(13-28(22)37)34(46)39(18-31(42)43)19-32(44)45/h2-9,13-14,16,23,26H,10-12,15,17-19H2,1H3,(H,42,43)(H,44,45)/t23-,26-/m0/s1. The summed E-state index contributed by atoms with van der Waals surface area (Å²) in [7, 11) is 0. The Kier molecular flexibility index (Phi) is 9.79. The number of hydrogen-bond donors (Lipinski definition) is 2. The number of nitrogens with zero attached hydrogens (tertiary/aromatic N) is 4. The molecule has 0 radical (unpaired) electrons. The third-order valence-electron chi connectivity index (χ3n) is 8.61. The Morgan fingerprint density at radius 1 is 0.980 bits per heavy atom. The van der Waals surface area contributed by atoms with Crippen LogP contribution in [-0.4, -0.2) is 81.7 Å². The van der Waals surface area contributed by atoms with Crippen molar-refractivity contribution >= 4 is 52.8 Å². The van der Waals surface area contributed by atoms with Crippen molar-refractivity contribution in [2.75, 3.05) is 37.7 Å². The lowest BCUT2D eigenvalue weighted by Gasteiger charge is -2.29. The van der Waals surface area contributed by atoms with Crippen LogP contribution in [0.25, 0.3) is 11.1 Å². The Labute approximate surface area is 291 Å².